The molecule has 0 aromatic heterocycles. The summed E-state index contributed by atoms with van der Waals surface area (Å²) in [5, 5.41) is 4.66. The van der Waals surface area contributed by atoms with Crippen molar-refractivity contribution in [2.24, 2.45) is 0 Å². The number of aryl methyl sites for hydroxylation is 1. The number of terminal acetylenes is 1. The fraction of sp³-hybridized carbons (Fsp3) is 0.353. The van der Waals surface area contributed by atoms with Gasteiger partial charge < -0.3 is 0 Å². The van der Waals surface area contributed by atoms with Gasteiger partial charge in [-0.3, -0.25) is 0 Å². The van der Waals surface area contributed by atoms with E-state index in [2.05, 4.69) is 126 Å². The smallest absolute Gasteiger partial charge is 0.0403 e. The number of hydrogen-bond acceptors (Lipinski definition) is 2. The Kier molecular flexibility index (Phi) is 21.2. The maximum absolute atomic E-state index is 4.60. The second kappa shape index (κ2) is 21.6. The van der Waals surface area contributed by atoms with Gasteiger partial charge in [-0.15, -0.1) is 35.9 Å². The summed E-state index contributed by atoms with van der Waals surface area (Å²) in [6, 6.07) is 11.0. The third-order valence-electron chi connectivity index (χ3n) is 4.34. The van der Waals surface area contributed by atoms with Gasteiger partial charge >= 0.3 is 0 Å². The summed E-state index contributed by atoms with van der Waals surface area (Å²) in [6.45, 7) is 20.0. The predicted octanol–water partition coefficient (Wildman–Crippen LogP) is 10.4. The Balaban J connectivity index is 0. The topological polar surface area (TPSA) is 0 Å². The van der Waals surface area contributed by atoms with Gasteiger partial charge in [0.1, 0.15) is 0 Å². The Hall–Kier alpha value is -2.70. The van der Waals surface area contributed by atoms with Crippen LogP contribution in [0.4, 0.5) is 0 Å². The fourth-order valence-electron chi connectivity index (χ4n) is 3.24. The molecule has 0 N–H and O–H groups in total. The van der Waals surface area contributed by atoms with Crippen LogP contribution in [0.3, 0.4) is 0 Å². The van der Waals surface area contributed by atoms with Gasteiger partial charge in [0.05, 0.1) is 0 Å². The number of fused-ring (bicyclic) bond motifs is 2. The lowest BCUT2D eigenvalue weighted by Crippen LogP contribution is -1.93. The van der Waals surface area contributed by atoms with Crippen LogP contribution in [0.2, 0.25) is 0 Å². The van der Waals surface area contributed by atoms with Gasteiger partial charge in [0, 0.05) is 21.4 Å². The zero-order valence-corrected chi connectivity index (χ0v) is 25.7. The first-order valence-electron chi connectivity index (χ1n) is 12.3. The molecule has 0 saturated carbocycles. The van der Waals surface area contributed by atoms with Gasteiger partial charge in [-0.25, -0.2) is 0 Å². The van der Waals surface area contributed by atoms with Gasteiger partial charge in [0.25, 0.3) is 0 Å². The lowest BCUT2D eigenvalue weighted by molar-refractivity contribution is 1.09. The molecule has 3 aromatic rings. The molecule has 0 fully saturated rings. The Morgan fingerprint density at radius 1 is 0.833 bits per heavy atom. The third-order valence-corrected chi connectivity index (χ3v) is 5.14. The van der Waals surface area contributed by atoms with Crippen LogP contribution in [0.15, 0.2) is 41.8 Å². The molecule has 0 aliphatic rings. The summed E-state index contributed by atoms with van der Waals surface area (Å²) in [5.41, 5.74) is 4.53. The molecule has 36 heavy (non-hydrogen) atoms. The van der Waals surface area contributed by atoms with E-state index in [1.807, 2.05) is 19.9 Å². The summed E-state index contributed by atoms with van der Waals surface area (Å²) < 4.78 is 0. The molecule has 0 spiro atoms. The van der Waals surface area contributed by atoms with E-state index in [0.717, 1.165) is 27.5 Å². The van der Waals surface area contributed by atoms with E-state index >= 15 is 0 Å². The molecule has 0 atom stereocenters. The molecule has 0 bridgehead atoms. The van der Waals surface area contributed by atoms with Crippen molar-refractivity contribution in [2.75, 3.05) is 12.5 Å². The highest BCUT2D eigenvalue weighted by molar-refractivity contribution is 7.98. The maximum Gasteiger partial charge on any atom is 0.0403 e. The van der Waals surface area contributed by atoms with Crippen LogP contribution < -0.4 is 0 Å². The minimum atomic E-state index is 1.07. The lowest BCUT2D eigenvalue weighted by atomic mass is 9.90. The van der Waals surface area contributed by atoms with Crippen LogP contribution in [-0.2, 0) is 0 Å². The van der Waals surface area contributed by atoms with Crippen molar-refractivity contribution >= 4 is 52.0 Å². The zero-order chi connectivity index (χ0) is 28.1. The Bertz CT molecular complexity index is 1250. The lowest BCUT2D eigenvalue weighted by Gasteiger charge is -2.14. The van der Waals surface area contributed by atoms with Gasteiger partial charge in [-0.1, -0.05) is 88.8 Å². The van der Waals surface area contributed by atoms with E-state index in [1.165, 1.54) is 34.1 Å². The number of benzene rings is 3. The van der Waals surface area contributed by atoms with Gasteiger partial charge in [-0.2, -0.15) is 12.6 Å². The summed E-state index contributed by atoms with van der Waals surface area (Å²) >= 11 is 5.26. The quantitative estimate of drug-likeness (QED) is 0.153. The summed E-state index contributed by atoms with van der Waals surface area (Å²) in [4.78, 5) is 1.21. The van der Waals surface area contributed by atoms with Crippen LogP contribution >= 0.6 is 24.4 Å². The number of hydrogen-bond donors (Lipinski definition) is 1. The molecule has 0 unspecified atom stereocenters. The molecule has 0 radical (unpaired) electrons. The van der Waals surface area contributed by atoms with Crippen molar-refractivity contribution in [2.45, 2.75) is 73.1 Å². The number of rotatable bonds is 2. The van der Waals surface area contributed by atoms with Gasteiger partial charge in [0.2, 0.25) is 0 Å². The molecule has 0 aliphatic heterocycles. The summed E-state index contributed by atoms with van der Waals surface area (Å²) in [5.74, 6) is 15.1. The standard InChI is InChI=1S/C24H20S.2C3H8.C3H4.CH4S/c1-6-9-18-20-12-11-16(4)13-21(20)19(10-7-2)23-15-24(25-5)17(8-3)14-22(18)23;3*1-3-2;1-2/h8,11-15H,3H2,1-2,4-5H3;2*3H2,1-2H3;1H,2H3;2H,1H3. The van der Waals surface area contributed by atoms with E-state index in [4.69, 9.17) is 0 Å². The molecule has 3 aromatic carbocycles. The highest BCUT2D eigenvalue weighted by atomic mass is 32.2. The highest BCUT2D eigenvalue weighted by Crippen LogP contribution is 2.36. The van der Waals surface area contributed by atoms with E-state index in [-0.39, 0.29) is 0 Å². The minimum absolute atomic E-state index is 1.07. The van der Waals surface area contributed by atoms with Crippen LogP contribution in [0, 0.1) is 42.9 Å². The van der Waals surface area contributed by atoms with Crippen LogP contribution in [0.25, 0.3) is 27.6 Å². The molecule has 0 saturated heterocycles. The predicted molar refractivity (Wildman–Crippen MR) is 175 cm³/mol. The molecule has 2 heteroatoms. The minimum Gasteiger partial charge on any atom is -0.183 e. The van der Waals surface area contributed by atoms with Crippen molar-refractivity contribution in [1.82, 2.24) is 0 Å². The monoisotopic (exact) mass is 516 g/mol. The average molecular weight is 517 g/mol. The molecule has 0 aliphatic carbocycles. The molecular weight excluding hydrogens is 473 g/mol. The Morgan fingerprint density at radius 2 is 1.25 bits per heavy atom. The van der Waals surface area contributed by atoms with Crippen molar-refractivity contribution in [3.8, 4) is 36.0 Å². The van der Waals surface area contributed by atoms with E-state index < -0.39 is 0 Å². The van der Waals surface area contributed by atoms with Crippen molar-refractivity contribution < 1.29 is 0 Å². The first-order valence-corrected chi connectivity index (χ1v) is 14.4. The molecule has 0 heterocycles. The maximum atomic E-state index is 4.60. The average Bonchev–Trinajstić information content (AvgIpc) is 2.88. The first-order chi connectivity index (χ1) is 17.4. The zero-order valence-electron chi connectivity index (χ0n) is 24.0. The molecule has 0 amide bonds. The van der Waals surface area contributed by atoms with Crippen molar-refractivity contribution in [3.63, 3.8) is 0 Å². The Labute approximate surface area is 232 Å². The first kappa shape index (κ1) is 35.5. The van der Waals surface area contributed by atoms with Gasteiger partial charge in [-0.05, 0) is 74.1 Å². The van der Waals surface area contributed by atoms with E-state index in [1.54, 1.807) is 24.9 Å². The van der Waals surface area contributed by atoms with Crippen molar-refractivity contribution in [3.05, 3.63) is 59.2 Å². The second-order valence-electron chi connectivity index (χ2n) is 7.60. The number of thioether (sulfide) groups is 1. The van der Waals surface area contributed by atoms with Gasteiger partial charge in [0.15, 0.2) is 0 Å². The SMILES string of the molecule is C#CC.C=Cc1cc2c(C#CC)c3ccc(C)cc3c(C#CC)c2cc1SC.CCC.CCC.CS. The van der Waals surface area contributed by atoms with E-state index in [9.17, 15) is 0 Å². The Morgan fingerprint density at radius 3 is 1.67 bits per heavy atom. The number of thiol groups is 1. The molecule has 0 nitrogen and oxygen atoms in total. The molecule has 192 valence electrons. The third kappa shape index (κ3) is 10.5. The van der Waals surface area contributed by atoms with Crippen LogP contribution in [-0.4, -0.2) is 12.5 Å². The molecular formula is C34H44S2. The van der Waals surface area contributed by atoms with Crippen LogP contribution in [0.5, 0.6) is 0 Å². The summed E-state index contributed by atoms with van der Waals surface area (Å²) in [7, 11) is 0. The van der Waals surface area contributed by atoms with E-state index in [0.29, 0.717) is 0 Å². The van der Waals surface area contributed by atoms with Crippen LogP contribution in [0.1, 0.15) is 83.6 Å². The molecule has 3 rings (SSSR count). The van der Waals surface area contributed by atoms with Crippen molar-refractivity contribution in [1.29, 1.82) is 0 Å². The highest BCUT2D eigenvalue weighted by Gasteiger charge is 2.14. The fourth-order valence-corrected chi connectivity index (χ4v) is 3.85. The summed E-state index contributed by atoms with van der Waals surface area (Å²) in [6.07, 6.45) is 12.8. The normalized spacial score (nSPS) is 8.39. The largest absolute Gasteiger partial charge is 0.183 e. The second-order valence-corrected chi connectivity index (χ2v) is 8.44.